The number of carboxylic acids is 1. The van der Waals surface area contributed by atoms with Gasteiger partial charge in [0.25, 0.3) is 0 Å². The Kier molecular flexibility index (Phi) is 3.84. The van der Waals surface area contributed by atoms with Crippen LogP contribution in [0.5, 0.6) is 5.75 Å². The fraction of sp³-hybridized carbons (Fsp3) is 0.167. The minimum atomic E-state index is -1.06. The lowest BCUT2D eigenvalue weighted by molar-refractivity contribution is 0.0692. The molecule has 0 saturated carbocycles. The molecule has 1 aromatic heterocycles. The quantitative estimate of drug-likeness (QED) is 0.902. The lowest BCUT2D eigenvalue weighted by Crippen LogP contribution is -2.10. The molecule has 0 saturated heterocycles. The van der Waals surface area contributed by atoms with Gasteiger partial charge in [-0.25, -0.2) is 4.79 Å². The molecule has 2 rings (SSSR count). The molecule has 0 aliphatic carbocycles. The van der Waals surface area contributed by atoms with Crippen LogP contribution in [0, 0.1) is 0 Å². The molecule has 1 N–H and O–H groups in total. The number of halogens is 1. The Bertz CT molecular complexity index is 540. The highest BCUT2D eigenvalue weighted by Gasteiger charge is 2.11. The van der Waals surface area contributed by atoms with E-state index >= 15 is 0 Å². The summed E-state index contributed by atoms with van der Waals surface area (Å²) in [5.41, 5.74) is 0.0583. The first-order valence-electron chi connectivity index (χ1n) is 5.30. The highest BCUT2D eigenvalue weighted by atomic mass is 35.5. The average Bonchev–Trinajstić information content (AvgIpc) is 2.84. The summed E-state index contributed by atoms with van der Waals surface area (Å²) < 4.78 is 7.13. The molecule has 0 aliphatic heterocycles. The Hall–Kier alpha value is -2.01. The summed E-state index contributed by atoms with van der Waals surface area (Å²) in [6.45, 7) is 0.887. The number of hydrogen-bond acceptors (Lipinski definition) is 3. The summed E-state index contributed by atoms with van der Waals surface area (Å²) >= 11 is 5.74. The molecule has 18 heavy (non-hydrogen) atoms. The van der Waals surface area contributed by atoms with Crippen molar-refractivity contribution in [3.63, 3.8) is 0 Å². The van der Waals surface area contributed by atoms with Gasteiger partial charge in [-0.3, -0.25) is 4.68 Å². The minimum Gasteiger partial charge on any atom is -0.491 e. The van der Waals surface area contributed by atoms with E-state index in [1.54, 1.807) is 23.0 Å². The second-order valence-corrected chi connectivity index (χ2v) is 4.00. The van der Waals surface area contributed by atoms with Crippen molar-refractivity contribution in [1.29, 1.82) is 0 Å². The summed E-state index contributed by atoms with van der Waals surface area (Å²) in [5, 5.41) is 13.4. The molecule has 0 amide bonds. The van der Waals surface area contributed by atoms with Gasteiger partial charge in [0.2, 0.25) is 0 Å². The third-order valence-corrected chi connectivity index (χ3v) is 2.54. The highest BCUT2D eigenvalue weighted by Crippen LogP contribution is 2.22. The fourth-order valence-electron chi connectivity index (χ4n) is 1.48. The standard InChI is InChI=1S/C12H11ClN2O3/c13-9-2-3-11(10(8-9)12(16)17)18-7-6-15-5-1-4-14-15/h1-5,8H,6-7H2,(H,16,17). The largest absolute Gasteiger partial charge is 0.491 e. The highest BCUT2D eigenvalue weighted by molar-refractivity contribution is 6.31. The van der Waals surface area contributed by atoms with Crippen LogP contribution in [0.15, 0.2) is 36.7 Å². The van der Waals surface area contributed by atoms with Crippen LogP contribution in [0.3, 0.4) is 0 Å². The summed E-state index contributed by atoms with van der Waals surface area (Å²) in [5.74, 6) is -0.759. The maximum absolute atomic E-state index is 11.0. The number of carboxylic acid groups (broad SMARTS) is 1. The Labute approximate surface area is 109 Å². The van der Waals surface area contributed by atoms with Gasteiger partial charge in [-0.2, -0.15) is 5.10 Å². The van der Waals surface area contributed by atoms with Crippen molar-refractivity contribution in [2.75, 3.05) is 6.61 Å². The number of hydrogen-bond donors (Lipinski definition) is 1. The van der Waals surface area contributed by atoms with Gasteiger partial charge >= 0.3 is 5.97 Å². The van der Waals surface area contributed by atoms with E-state index in [4.69, 9.17) is 21.4 Å². The van der Waals surface area contributed by atoms with Gasteiger partial charge in [-0.15, -0.1) is 0 Å². The van der Waals surface area contributed by atoms with Crippen molar-refractivity contribution in [3.8, 4) is 5.75 Å². The molecule has 6 heteroatoms. The van der Waals surface area contributed by atoms with Crippen LogP contribution in [0.1, 0.15) is 10.4 Å². The molecule has 94 valence electrons. The third kappa shape index (κ3) is 3.01. The van der Waals surface area contributed by atoms with Gasteiger partial charge in [0.1, 0.15) is 17.9 Å². The first-order valence-corrected chi connectivity index (χ1v) is 5.67. The van der Waals surface area contributed by atoms with Crippen molar-refractivity contribution in [3.05, 3.63) is 47.2 Å². The molecular formula is C12H11ClN2O3. The van der Waals surface area contributed by atoms with E-state index in [0.717, 1.165) is 0 Å². The van der Waals surface area contributed by atoms with E-state index in [-0.39, 0.29) is 5.56 Å². The molecule has 0 fully saturated rings. The molecule has 0 unspecified atom stereocenters. The third-order valence-electron chi connectivity index (χ3n) is 2.31. The Balaban J connectivity index is 2.02. The molecule has 1 heterocycles. The molecule has 1 aromatic carbocycles. The molecular weight excluding hydrogens is 256 g/mol. The topological polar surface area (TPSA) is 64.3 Å². The van der Waals surface area contributed by atoms with Gasteiger partial charge in [0.15, 0.2) is 0 Å². The number of aromatic nitrogens is 2. The number of ether oxygens (including phenoxy) is 1. The molecule has 0 atom stereocenters. The van der Waals surface area contributed by atoms with E-state index in [0.29, 0.717) is 23.9 Å². The maximum atomic E-state index is 11.0. The molecule has 5 nitrogen and oxygen atoms in total. The van der Waals surface area contributed by atoms with Crippen LogP contribution in [-0.4, -0.2) is 27.5 Å². The van der Waals surface area contributed by atoms with Crippen molar-refractivity contribution >= 4 is 17.6 Å². The molecule has 0 spiro atoms. The van der Waals surface area contributed by atoms with E-state index in [1.807, 2.05) is 12.3 Å². The molecule has 0 bridgehead atoms. The zero-order valence-electron chi connectivity index (χ0n) is 9.41. The second-order valence-electron chi connectivity index (χ2n) is 3.56. The number of nitrogens with zero attached hydrogens (tertiary/aromatic N) is 2. The summed E-state index contributed by atoms with van der Waals surface area (Å²) in [6.07, 6.45) is 3.48. The minimum absolute atomic E-state index is 0.0583. The molecule has 0 radical (unpaired) electrons. The van der Waals surface area contributed by atoms with Crippen molar-refractivity contribution in [2.45, 2.75) is 6.54 Å². The lowest BCUT2D eigenvalue weighted by Gasteiger charge is -2.09. The molecule has 0 aliphatic rings. The lowest BCUT2D eigenvalue weighted by atomic mass is 10.2. The summed E-state index contributed by atoms with van der Waals surface area (Å²) in [4.78, 5) is 11.0. The number of aromatic carboxylic acids is 1. The normalized spacial score (nSPS) is 10.3. The molecule has 2 aromatic rings. The maximum Gasteiger partial charge on any atom is 0.339 e. The van der Waals surface area contributed by atoms with Crippen LogP contribution in [0.4, 0.5) is 0 Å². The zero-order chi connectivity index (χ0) is 13.0. The van der Waals surface area contributed by atoms with E-state index < -0.39 is 5.97 Å². The van der Waals surface area contributed by atoms with Gasteiger partial charge < -0.3 is 9.84 Å². The Morgan fingerprint density at radius 2 is 2.33 bits per heavy atom. The van der Waals surface area contributed by atoms with Crippen LogP contribution in [-0.2, 0) is 6.54 Å². The smallest absolute Gasteiger partial charge is 0.339 e. The fourth-order valence-corrected chi connectivity index (χ4v) is 1.65. The zero-order valence-corrected chi connectivity index (χ0v) is 10.2. The average molecular weight is 267 g/mol. The predicted octanol–water partition coefficient (Wildman–Crippen LogP) is 2.31. The first kappa shape index (κ1) is 12.4. The van der Waals surface area contributed by atoms with Crippen LogP contribution >= 0.6 is 11.6 Å². The van der Waals surface area contributed by atoms with E-state index in [1.165, 1.54) is 6.07 Å². The van der Waals surface area contributed by atoms with Crippen molar-refractivity contribution < 1.29 is 14.6 Å². The number of rotatable bonds is 5. The van der Waals surface area contributed by atoms with Gasteiger partial charge in [0.05, 0.1) is 6.54 Å². The second kappa shape index (κ2) is 5.55. The van der Waals surface area contributed by atoms with Crippen LogP contribution in [0.2, 0.25) is 5.02 Å². The monoisotopic (exact) mass is 266 g/mol. The predicted molar refractivity (Wildman–Crippen MR) is 66.1 cm³/mol. The van der Waals surface area contributed by atoms with Crippen molar-refractivity contribution in [2.24, 2.45) is 0 Å². The SMILES string of the molecule is O=C(O)c1cc(Cl)ccc1OCCn1cccn1. The Morgan fingerprint density at radius 3 is 3.00 bits per heavy atom. The Morgan fingerprint density at radius 1 is 1.50 bits per heavy atom. The van der Waals surface area contributed by atoms with E-state index in [2.05, 4.69) is 5.10 Å². The van der Waals surface area contributed by atoms with Gasteiger partial charge in [0, 0.05) is 17.4 Å². The summed E-state index contributed by atoms with van der Waals surface area (Å²) in [6, 6.07) is 6.32. The van der Waals surface area contributed by atoms with Gasteiger partial charge in [-0.1, -0.05) is 11.6 Å². The van der Waals surface area contributed by atoms with Crippen LogP contribution in [0.25, 0.3) is 0 Å². The summed E-state index contributed by atoms with van der Waals surface area (Å²) in [7, 11) is 0. The van der Waals surface area contributed by atoms with Gasteiger partial charge in [-0.05, 0) is 24.3 Å². The van der Waals surface area contributed by atoms with E-state index in [9.17, 15) is 4.79 Å². The number of carbonyl (C=O) groups is 1. The first-order chi connectivity index (χ1) is 8.66. The van der Waals surface area contributed by atoms with Crippen molar-refractivity contribution in [1.82, 2.24) is 9.78 Å². The number of benzene rings is 1. The van der Waals surface area contributed by atoms with Crippen LogP contribution < -0.4 is 4.74 Å².